The summed E-state index contributed by atoms with van der Waals surface area (Å²) >= 11 is 0. The molecule has 7 heteroatoms. The van der Waals surface area contributed by atoms with Crippen molar-refractivity contribution >= 4 is 28.4 Å². The van der Waals surface area contributed by atoms with E-state index in [1.165, 1.54) is 0 Å². The van der Waals surface area contributed by atoms with Crippen molar-refractivity contribution in [2.75, 3.05) is 18.4 Å². The van der Waals surface area contributed by atoms with Crippen molar-refractivity contribution < 1.29 is 9.59 Å². The van der Waals surface area contributed by atoms with Crippen LogP contribution in [0.25, 0.3) is 10.9 Å². The van der Waals surface area contributed by atoms with E-state index in [1.54, 1.807) is 6.20 Å². The molecule has 2 amide bonds. The largest absolute Gasteiger partial charge is 0.353 e. The molecule has 1 saturated heterocycles. The van der Waals surface area contributed by atoms with E-state index in [4.69, 9.17) is 0 Å². The highest BCUT2D eigenvalue weighted by Gasteiger charge is 2.24. The van der Waals surface area contributed by atoms with Gasteiger partial charge in [-0.2, -0.15) is 5.10 Å². The lowest BCUT2D eigenvalue weighted by Crippen LogP contribution is -2.56. The van der Waals surface area contributed by atoms with Crippen molar-refractivity contribution in [1.82, 2.24) is 20.8 Å². The highest BCUT2D eigenvalue weighted by molar-refractivity contribution is 6.03. The summed E-state index contributed by atoms with van der Waals surface area (Å²) in [6.45, 7) is 0.458. The topological polar surface area (TPSA) is 98.9 Å². The molecule has 4 N–H and O–H groups in total. The average Bonchev–Trinajstić information content (AvgIpc) is 2.89. The van der Waals surface area contributed by atoms with Crippen LogP contribution in [0.5, 0.6) is 0 Å². The van der Waals surface area contributed by atoms with Crippen molar-refractivity contribution in [3.8, 4) is 0 Å². The molecule has 2 aromatic rings. The van der Waals surface area contributed by atoms with Gasteiger partial charge in [-0.1, -0.05) is 6.07 Å². The highest BCUT2D eigenvalue weighted by atomic mass is 16.2. The number of rotatable bonds is 2. The van der Waals surface area contributed by atoms with E-state index in [2.05, 4.69) is 26.1 Å². The second-order valence-corrected chi connectivity index (χ2v) is 4.36. The van der Waals surface area contributed by atoms with Crippen LogP contribution in [-0.2, 0) is 9.59 Å². The number of fused-ring (bicyclic) bond motifs is 1. The maximum Gasteiger partial charge on any atom is 0.243 e. The summed E-state index contributed by atoms with van der Waals surface area (Å²) in [5.74, 6) is -0.269. The van der Waals surface area contributed by atoms with Crippen LogP contribution in [-0.4, -0.2) is 41.1 Å². The SMILES string of the molecule is O=C1CNC(C(=O)Nc2cccc3[nH]ncc23)CN1. The number of H-pyrrole nitrogens is 1. The van der Waals surface area contributed by atoms with Crippen LogP contribution in [0.15, 0.2) is 24.4 Å². The van der Waals surface area contributed by atoms with E-state index < -0.39 is 6.04 Å². The molecule has 1 atom stereocenters. The quantitative estimate of drug-likeness (QED) is 0.589. The van der Waals surface area contributed by atoms with Crippen LogP contribution >= 0.6 is 0 Å². The van der Waals surface area contributed by atoms with Crippen molar-refractivity contribution in [2.45, 2.75) is 6.04 Å². The third kappa shape index (κ3) is 2.27. The second-order valence-electron chi connectivity index (χ2n) is 4.36. The minimum absolute atomic E-state index is 0.0963. The van der Waals surface area contributed by atoms with Gasteiger partial charge in [0.05, 0.1) is 23.9 Å². The van der Waals surface area contributed by atoms with Gasteiger partial charge in [-0.05, 0) is 12.1 Å². The van der Waals surface area contributed by atoms with E-state index in [9.17, 15) is 9.59 Å². The van der Waals surface area contributed by atoms with Gasteiger partial charge in [-0.15, -0.1) is 0 Å². The Morgan fingerprint density at radius 3 is 3.11 bits per heavy atom. The minimum Gasteiger partial charge on any atom is -0.353 e. The third-order valence-corrected chi connectivity index (χ3v) is 3.07. The zero-order valence-corrected chi connectivity index (χ0v) is 10.1. The van der Waals surface area contributed by atoms with Crippen LogP contribution in [0, 0.1) is 0 Å². The molecule has 1 aliphatic rings. The number of carbonyl (C=O) groups is 2. The Hall–Kier alpha value is -2.41. The first kappa shape index (κ1) is 11.7. The fourth-order valence-electron chi connectivity index (χ4n) is 2.05. The molecule has 19 heavy (non-hydrogen) atoms. The Morgan fingerprint density at radius 1 is 1.42 bits per heavy atom. The third-order valence-electron chi connectivity index (χ3n) is 3.07. The number of nitrogens with one attached hydrogen (secondary N) is 4. The van der Waals surface area contributed by atoms with Gasteiger partial charge in [0.1, 0.15) is 6.04 Å². The monoisotopic (exact) mass is 259 g/mol. The van der Waals surface area contributed by atoms with Gasteiger partial charge < -0.3 is 10.6 Å². The summed E-state index contributed by atoms with van der Waals surface area (Å²) in [4.78, 5) is 23.1. The molecule has 1 unspecified atom stereocenters. The Balaban J connectivity index is 1.76. The molecule has 1 aromatic carbocycles. The van der Waals surface area contributed by atoms with E-state index in [-0.39, 0.29) is 18.4 Å². The first-order valence-electron chi connectivity index (χ1n) is 5.97. The van der Waals surface area contributed by atoms with Gasteiger partial charge in [-0.3, -0.25) is 20.0 Å². The van der Waals surface area contributed by atoms with E-state index >= 15 is 0 Å². The number of aromatic nitrogens is 2. The van der Waals surface area contributed by atoms with Crippen molar-refractivity contribution in [3.05, 3.63) is 24.4 Å². The Bertz CT molecular complexity index is 626. The van der Waals surface area contributed by atoms with Crippen LogP contribution in [0.2, 0.25) is 0 Å². The molecule has 3 rings (SSSR count). The lowest BCUT2D eigenvalue weighted by Gasteiger charge is -2.23. The standard InChI is InChI=1S/C12H13N5O2/c18-11-6-13-10(5-14-11)12(19)16-8-2-1-3-9-7(8)4-15-17-9/h1-4,10,13H,5-6H2,(H,14,18)(H,15,17)(H,16,19). The predicted octanol–water partition coefficient (Wildman–Crippen LogP) is -0.411. The number of hydrogen-bond donors (Lipinski definition) is 4. The van der Waals surface area contributed by atoms with Crippen molar-refractivity contribution in [1.29, 1.82) is 0 Å². The average molecular weight is 259 g/mol. The van der Waals surface area contributed by atoms with E-state index in [0.717, 1.165) is 10.9 Å². The molecule has 0 bridgehead atoms. The molecule has 2 heterocycles. The lowest BCUT2D eigenvalue weighted by atomic mass is 10.2. The van der Waals surface area contributed by atoms with Gasteiger partial charge in [0.25, 0.3) is 0 Å². The Kier molecular flexibility index (Phi) is 2.88. The van der Waals surface area contributed by atoms with Gasteiger partial charge in [0.15, 0.2) is 0 Å². The number of piperazine rings is 1. The Labute approximate surface area is 108 Å². The Morgan fingerprint density at radius 2 is 2.32 bits per heavy atom. The molecule has 0 saturated carbocycles. The number of hydrogen-bond acceptors (Lipinski definition) is 4. The molecule has 98 valence electrons. The first-order chi connectivity index (χ1) is 9.24. The van der Waals surface area contributed by atoms with Crippen LogP contribution in [0.1, 0.15) is 0 Å². The summed E-state index contributed by atoms with van der Waals surface area (Å²) in [6.07, 6.45) is 1.67. The molecule has 1 fully saturated rings. The highest BCUT2D eigenvalue weighted by Crippen LogP contribution is 2.21. The summed E-state index contributed by atoms with van der Waals surface area (Å²) in [5.41, 5.74) is 1.57. The molecule has 0 spiro atoms. The fraction of sp³-hybridized carbons (Fsp3) is 0.250. The van der Waals surface area contributed by atoms with Crippen molar-refractivity contribution in [2.24, 2.45) is 0 Å². The smallest absolute Gasteiger partial charge is 0.243 e. The molecule has 7 nitrogen and oxygen atoms in total. The second kappa shape index (κ2) is 4.69. The fourth-order valence-corrected chi connectivity index (χ4v) is 2.05. The lowest BCUT2D eigenvalue weighted by molar-refractivity contribution is -0.124. The zero-order chi connectivity index (χ0) is 13.2. The van der Waals surface area contributed by atoms with Crippen LogP contribution in [0.4, 0.5) is 5.69 Å². The minimum atomic E-state index is -0.417. The van der Waals surface area contributed by atoms with E-state index in [1.807, 2.05) is 18.2 Å². The number of amides is 2. The summed E-state index contributed by atoms with van der Waals surface area (Å²) in [6, 6.07) is 5.13. The van der Waals surface area contributed by atoms with E-state index in [0.29, 0.717) is 12.2 Å². The van der Waals surface area contributed by atoms with Gasteiger partial charge >= 0.3 is 0 Å². The van der Waals surface area contributed by atoms with Gasteiger partial charge in [0.2, 0.25) is 11.8 Å². The number of carbonyl (C=O) groups excluding carboxylic acids is 2. The van der Waals surface area contributed by atoms with Crippen LogP contribution < -0.4 is 16.0 Å². The normalized spacial score (nSPS) is 19.2. The van der Waals surface area contributed by atoms with Crippen LogP contribution in [0.3, 0.4) is 0 Å². The number of anilines is 1. The molecule has 1 aromatic heterocycles. The van der Waals surface area contributed by atoms with Crippen molar-refractivity contribution in [3.63, 3.8) is 0 Å². The maximum atomic E-state index is 12.1. The molecular formula is C12H13N5O2. The summed E-state index contributed by atoms with van der Waals surface area (Å²) in [5, 5.41) is 16.0. The molecule has 0 aliphatic carbocycles. The number of benzene rings is 1. The number of aromatic amines is 1. The van der Waals surface area contributed by atoms with Gasteiger partial charge in [-0.25, -0.2) is 0 Å². The number of nitrogens with zero attached hydrogens (tertiary/aromatic N) is 1. The summed E-state index contributed by atoms with van der Waals surface area (Å²) < 4.78 is 0. The predicted molar refractivity (Wildman–Crippen MR) is 69.5 cm³/mol. The molecule has 1 aliphatic heterocycles. The first-order valence-corrected chi connectivity index (χ1v) is 5.97. The molecule has 0 radical (unpaired) electrons. The van der Waals surface area contributed by atoms with Gasteiger partial charge in [0, 0.05) is 11.9 Å². The summed E-state index contributed by atoms with van der Waals surface area (Å²) in [7, 11) is 0. The maximum absolute atomic E-state index is 12.1. The zero-order valence-electron chi connectivity index (χ0n) is 10.1. The molecular weight excluding hydrogens is 246 g/mol.